The lowest BCUT2D eigenvalue weighted by molar-refractivity contribution is -0.141. The smallest absolute Gasteiger partial charge is 0.306 e. The molecule has 1 fully saturated rings. The van der Waals surface area contributed by atoms with Crippen LogP contribution in [0.4, 0.5) is 0 Å². The number of aryl methyl sites for hydroxylation is 1. The second kappa shape index (κ2) is 7.46. The number of carbonyl (C=O) groups excluding carboxylic acids is 2. The summed E-state index contributed by atoms with van der Waals surface area (Å²) in [4.78, 5) is 27.8. The first-order chi connectivity index (χ1) is 10.9. The molecule has 0 bridgehead atoms. The third kappa shape index (κ3) is 4.01. The van der Waals surface area contributed by atoms with E-state index in [2.05, 4.69) is 9.64 Å². The van der Waals surface area contributed by atoms with Crippen molar-refractivity contribution >= 4 is 11.9 Å². The Kier molecular flexibility index (Phi) is 5.60. The predicted octanol–water partition coefficient (Wildman–Crippen LogP) is 1.41. The van der Waals surface area contributed by atoms with Gasteiger partial charge < -0.3 is 14.7 Å². The van der Waals surface area contributed by atoms with Crippen LogP contribution in [0.3, 0.4) is 0 Å². The minimum Gasteiger partial charge on any atom is -0.507 e. The van der Waals surface area contributed by atoms with Crippen LogP contribution < -0.4 is 0 Å². The molecule has 0 radical (unpaired) electrons. The molecule has 0 aliphatic carbocycles. The van der Waals surface area contributed by atoms with Crippen molar-refractivity contribution in [3.05, 3.63) is 29.3 Å². The van der Waals surface area contributed by atoms with Crippen LogP contribution in [0, 0.1) is 6.92 Å². The van der Waals surface area contributed by atoms with E-state index in [0.717, 1.165) is 0 Å². The number of carbonyl (C=O) groups is 2. The molecule has 1 amide bonds. The third-order valence-electron chi connectivity index (χ3n) is 4.30. The number of piperazine rings is 1. The van der Waals surface area contributed by atoms with Crippen molar-refractivity contribution in [1.29, 1.82) is 0 Å². The standard InChI is InChI=1S/C17H24N2O4/c1-12-5-4-6-14(16(12)21)17(22)19-10-9-18(11-13(19)2)8-7-15(20)23-3/h4-6,13,21H,7-11H2,1-3H3/t13-/m0/s1. The Balaban J connectivity index is 1.99. The molecule has 6 heteroatoms. The number of benzene rings is 1. The topological polar surface area (TPSA) is 70.1 Å². The number of phenols is 1. The average Bonchev–Trinajstić information content (AvgIpc) is 2.54. The van der Waals surface area contributed by atoms with Gasteiger partial charge in [-0.05, 0) is 25.5 Å². The summed E-state index contributed by atoms with van der Waals surface area (Å²) >= 11 is 0. The van der Waals surface area contributed by atoms with Gasteiger partial charge >= 0.3 is 5.97 Å². The summed E-state index contributed by atoms with van der Waals surface area (Å²) in [6.45, 7) is 6.38. The molecule has 126 valence electrons. The number of rotatable bonds is 4. The molecule has 1 aromatic carbocycles. The summed E-state index contributed by atoms with van der Waals surface area (Å²) in [6, 6.07) is 5.23. The van der Waals surface area contributed by atoms with E-state index in [1.54, 1.807) is 30.0 Å². The van der Waals surface area contributed by atoms with Crippen LogP contribution in [0.5, 0.6) is 5.75 Å². The Morgan fingerprint density at radius 2 is 2.09 bits per heavy atom. The Morgan fingerprint density at radius 1 is 1.35 bits per heavy atom. The molecule has 1 aliphatic rings. The lowest BCUT2D eigenvalue weighted by Gasteiger charge is -2.40. The number of amides is 1. The van der Waals surface area contributed by atoms with Gasteiger partial charge in [0, 0.05) is 32.2 Å². The van der Waals surface area contributed by atoms with E-state index in [1.165, 1.54) is 7.11 Å². The van der Waals surface area contributed by atoms with Crippen LogP contribution >= 0.6 is 0 Å². The highest BCUT2D eigenvalue weighted by Gasteiger charge is 2.29. The number of hydrogen-bond acceptors (Lipinski definition) is 5. The summed E-state index contributed by atoms with van der Waals surface area (Å²) in [6.07, 6.45) is 0.357. The summed E-state index contributed by atoms with van der Waals surface area (Å²) in [5.74, 6) is -0.315. The molecule has 2 rings (SSSR count). The molecular formula is C17H24N2O4. The maximum Gasteiger partial charge on any atom is 0.306 e. The van der Waals surface area contributed by atoms with E-state index in [0.29, 0.717) is 43.7 Å². The molecule has 1 N–H and O–H groups in total. The van der Waals surface area contributed by atoms with Gasteiger partial charge in [0.05, 0.1) is 19.1 Å². The molecule has 1 heterocycles. The third-order valence-corrected chi connectivity index (χ3v) is 4.30. The highest BCUT2D eigenvalue weighted by molar-refractivity contribution is 5.97. The van der Waals surface area contributed by atoms with Gasteiger partial charge in [-0.2, -0.15) is 0 Å². The predicted molar refractivity (Wildman–Crippen MR) is 86.4 cm³/mol. The lowest BCUT2D eigenvalue weighted by Crippen LogP contribution is -2.54. The molecule has 0 spiro atoms. The van der Waals surface area contributed by atoms with Gasteiger partial charge in [-0.15, -0.1) is 0 Å². The number of para-hydroxylation sites is 1. The van der Waals surface area contributed by atoms with E-state index in [1.807, 2.05) is 6.92 Å². The van der Waals surface area contributed by atoms with E-state index >= 15 is 0 Å². The van der Waals surface area contributed by atoms with Gasteiger partial charge in [0.15, 0.2) is 0 Å². The van der Waals surface area contributed by atoms with Crippen molar-refractivity contribution in [2.45, 2.75) is 26.3 Å². The largest absolute Gasteiger partial charge is 0.507 e. The number of hydrogen-bond donors (Lipinski definition) is 1. The molecule has 0 saturated carbocycles. The number of esters is 1. The van der Waals surface area contributed by atoms with Gasteiger partial charge in [0.25, 0.3) is 5.91 Å². The van der Waals surface area contributed by atoms with Gasteiger partial charge in [0.2, 0.25) is 0 Å². The lowest BCUT2D eigenvalue weighted by atomic mass is 10.1. The molecule has 23 heavy (non-hydrogen) atoms. The zero-order chi connectivity index (χ0) is 17.0. The second-order valence-corrected chi connectivity index (χ2v) is 5.95. The summed E-state index contributed by atoms with van der Waals surface area (Å²) in [5.41, 5.74) is 1.04. The zero-order valence-corrected chi connectivity index (χ0v) is 13.9. The fraction of sp³-hybridized carbons (Fsp3) is 0.529. The molecular weight excluding hydrogens is 296 g/mol. The Labute approximate surface area is 136 Å². The minimum absolute atomic E-state index is 0.0220. The molecule has 6 nitrogen and oxygen atoms in total. The number of nitrogens with zero attached hydrogens (tertiary/aromatic N) is 2. The second-order valence-electron chi connectivity index (χ2n) is 5.95. The Bertz CT molecular complexity index is 588. The fourth-order valence-electron chi connectivity index (χ4n) is 2.88. The maximum absolute atomic E-state index is 12.7. The minimum atomic E-state index is -0.221. The van der Waals surface area contributed by atoms with Gasteiger partial charge in [0.1, 0.15) is 5.75 Å². The van der Waals surface area contributed by atoms with Gasteiger partial charge in [-0.3, -0.25) is 14.5 Å². The molecule has 1 aliphatic heterocycles. The van der Waals surface area contributed by atoms with Crippen molar-refractivity contribution in [2.75, 3.05) is 33.3 Å². The van der Waals surface area contributed by atoms with E-state index < -0.39 is 0 Å². The van der Waals surface area contributed by atoms with Gasteiger partial charge in [-0.25, -0.2) is 0 Å². The van der Waals surface area contributed by atoms with Crippen LogP contribution in [0.25, 0.3) is 0 Å². The van der Waals surface area contributed by atoms with Gasteiger partial charge in [-0.1, -0.05) is 12.1 Å². The number of phenolic OH excluding ortho intramolecular Hbond substituents is 1. The molecule has 0 aromatic heterocycles. The SMILES string of the molecule is COC(=O)CCN1CCN(C(=O)c2cccc(C)c2O)[C@@H](C)C1. The first-order valence-corrected chi connectivity index (χ1v) is 7.82. The molecule has 0 unspecified atom stereocenters. The van der Waals surface area contributed by atoms with Crippen molar-refractivity contribution in [3.63, 3.8) is 0 Å². The quantitative estimate of drug-likeness (QED) is 0.850. The van der Waals surface area contributed by atoms with Crippen molar-refractivity contribution in [1.82, 2.24) is 9.80 Å². The first-order valence-electron chi connectivity index (χ1n) is 7.82. The summed E-state index contributed by atoms with van der Waals surface area (Å²) in [7, 11) is 1.38. The van der Waals surface area contributed by atoms with Crippen LogP contribution in [-0.4, -0.2) is 66.1 Å². The summed E-state index contributed by atoms with van der Waals surface area (Å²) < 4.78 is 4.65. The van der Waals surface area contributed by atoms with Crippen molar-refractivity contribution in [3.8, 4) is 5.75 Å². The van der Waals surface area contributed by atoms with E-state index in [-0.39, 0.29) is 23.7 Å². The highest BCUT2D eigenvalue weighted by atomic mass is 16.5. The van der Waals surface area contributed by atoms with E-state index in [4.69, 9.17) is 0 Å². The number of ether oxygens (including phenoxy) is 1. The fourth-order valence-corrected chi connectivity index (χ4v) is 2.88. The highest BCUT2D eigenvalue weighted by Crippen LogP contribution is 2.24. The maximum atomic E-state index is 12.7. The Morgan fingerprint density at radius 3 is 2.74 bits per heavy atom. The van der Waals surface area contributed by atoms with Crippen LogP contribution in [-0.2, 0) is 9.53 Å². The van der Waals surface area contributed by atoms with Crippen LogP contribution in [0.2, 0.25) is 0 Å². The summed E-state index contributed by atoms with van der Waals surface area (Å²) in [5, 5.41) is 10.1. The Hall–Kier alpha value is -2.08. The molecule has 1 aromatic rings. The number of methoxy groups -OCH3 is 1. The first kappa shape index (κ1) is 17.3. The van der Waals surface area contributed by atoms with E-state index in [9.17, 15) is 14.7 Å². The van der Waals surface area contributed by atoms with Crippen molar-refractivity contribution < 1.29 is 19.4 Å². The van der Waals surface area contributed by atoms with Crippen molar-refractivity contribution in [2.24, 2.45) is 0 Å². The van der Waals surface area contributed by atoms with Crippen LogP contribution in [0.1, 0.15) is 29.3 Å². The van der Waals surface area contributed by atoms with Crippen LogP contribution in [0.15, 0.2) is 18.2 Å². The molecule has 1 atom stereocenters. The molecule has 1 saturated heterocycles. The normalized spacial score (nSPS) is 18.7. The zero-order valence-electron chi connectivity index (χ0n) is 13.9. The monoisotopic (exact) mass is 320 g/mol. The average molecular weight is 320 g/mol. The number of aromatic hydroxyl groups is 1.